The number of hydrogen-bond acceptors (Lipinski definition) is 3. The quantitative estimate of drug-likeness (QED) is 0.865. The first-order valence-electron chi connectivity index (χ1n) is 5.85. The van der Waals surface area contributed by atoms with Crippen molar-refractivity contribution in [2.24, 2.45) is 0 Å². The third-order valence-electron chi connectivity index (χ3n) is 2.73. The van der Waals surface area contributed by atoms with Crippen LogP contribution in [0.5, 0.6) is 0 Å². The Morgan fingerprint density at radius 2 is 1.89 bits per heavy atom. The number of rotatable bonds is 3. The molecule has 5 heteroatoms. The Hall–Kier alpha value is -1.94. The molecule has 0 bridgehead atoms. The highest BCUT2D eigenvalue weighted by molar-refractivity contribution is 6.29. The predicted molar refractivity (Wildman–Crippen MR) is 74.0 cm³/mol. The van der Waals surface area contributed by atoms with Crippen molar-refractivity contribution in [3.8, 4) is 0 Å². The molecule has 1 heterocycles. The van der Waals surface area contributed by atoms with Gasteiger partial charge in [0.05, 0.1) is 12.4 Å². The first-order chi connectivity index (χ1) is 9.06. The summed E-state index contributed by atoms with van der Waals surface area (Å²) in [6, 6.07) is 8.06. The lowest BCUT2D eigenvalue weighted by Crippen LogP contribution is -2.27. The van der Waals surface area contributed by atoms with Crippen molar-refractivity contribution in [2.45, 2.75) is 13.5 Å². The van der Waals surface area contributed by atoms with Gasteiger partial charge >= 0.3 is 0 Å². The summed E-state index contributed by atoms with van der Waals surface area (Å²) in [5.41, 5.74) is 2.56. The van der Waals surface area contributed by atoms with Gasteiger partial charge in [0, 0.05) is 13.6 Å². The molecular formula is C14H14ClN3O. The van der Waals surface area contributed by atoms with E-state index in [-0.39, 0.29) is 11.1 Å². The molecule has 0 spiro atoms. The lowest BCUT2D eigenvalue weighted by molar-refractivity contribution is 0.0779. The molecule has 19 heavy (non-hydrogen) atoms. The van der Waals surface area contributed by atoms with Crippen LogP contribution in [0.25, 0.3) is 0 Å². The predicted octanol–water partition coefficient (Wildman–Crippen LogP) is 2.71. The number of hydrogen-bond donors (Lipinski definition) is 0. The van der Waals surface area contributed by atoms with Gasteiger partial charge in [0.15, 0.2) is 0 Å². The third kappa shape index (κ3) is 3.51. The highest BCUT2D eigenvalue weighted by Gasteiger charge is 2.13. The second kappa shape index (κ2) is 5.80. The molecule has 0 saturated carbocycles. The molecule has 0 saturated heterocycles. The zero-order valence-corrected chi connectivity index (χ0v) is 11.6. The Morgan fingerprint density at radius 3 is 2.47 bits per heavy atom. The van der Waals surface area contributed by atoms with Crippen LogP contribution in [0, 0.1) is 6.92 Å². The van der Waals surface area contributed by atoms with Gasteiger partial charge in [-0.05, 0) is 12.5 Å². The standard InChI is InChI=1S/C14H14ClN3O/c1-10-3-5-11(6-4-10)9-18(2)14(19)12-7-17-13(15)8-16-12/h3-8H,9H2,1-2H3. The topological polar surface area (TPSA) is 46.1 Å². The average molecular weight is 276 g/mol. The minimum Gasteiger partial charge on any atom is -0.336 e. The van der Waals surface area contributed by atoms with Gasteiger partial charge in [0.2, 0.25) is 0 Å². The van der Waals surface area contributed by atoms with E-state index in [1.807, 2.05) is 31.2 Å². The Bertz CT molecular complexity index is 566. The summed E-state index contributed by atoms with van der Waals surface area (Å²) in [4.78, 5) is 21.5. The van der Waals surface area contributed by atoms with Crippen LogP contribution >= 0.6 is 11.6 Å². The molecule has 0 atom stereocenters. The largest absolute Gasteiger partial charge is 0.336 e. The van der Waals surface area contributed by atoms with E-state index in [4.69, 9.17) is 11.6 Å². The number of amides is 1. The molecular weight excluding hydrogens is 262 g/mol. The van der Waals surface area contributed by atoms with Crippen LogP contribution in [0.15, 0.2) is 36.7 Å². The number of aryl methyl sites for hydroxylation is 1. The van der Waals surface area contributed by atoms with Crippen molar-refractivity contribution in [1.82, 2.24) is 14.9 Å². The minimum absolute atomic E-state index is 0.176. The molecule has 0 aliphatic rings. The van der Waals surface area contributed by atoms with Crippen molar-refractivity contribution in [2.75, 3.05) is 7.05 Å². The Labute approximate surface area is 117 Å². The Kier molecular flexibility index (Phi) is 4.12. The van der Waals surface area contributed by atoms with Crippen LogP contribution in [0.4, 0.5) is 0 Å². The highest BCUT2D eigenvalue weighted by Crippen LogP contribution is 2.09. The molecule has 1 amide bonds. The highest BCUT2D eigenvalue weighted by atomic mass is 35.5. The van der Waals surface area contributed by atoms with Gasteiger partial charge in [-0.15, -0.1) is 0 Å². The molecule has 0 aliphatic carbocycles. The summed E-state index contributed by atoms with van der Waals surface area (Å²) >= 11 is 5.64. The number of carbonyl (C=O) groups excluding carboxylic acids is 1. The van der Waals surface area contributed by atoms with Crippen molar-refractivity contribution in [3.63, 3.8) is 0 Å². The SMILES string of the molecule is Cc1ccc(CN(C)C(=O)c2cnc(Cl)cn2)cc1. The third-order valence-corrected chi connectivity index (χ3v) is 2.92. The number of nitrogens with zero attached hydrogens (tertiary/aromatic N) is 3. The summed E-state index contributed by atoms with van der Waals surface area (Å²) in [6.45, 7) is 2.56. The van der Waals surface area contributed by atoms with E-state index in [0.717, 1.165) is 5.56 Å². The number of carbonyl (C=O) groups is 1. The van der Waals surface area contributed by atoms with Crippen molar-refractivity contribution in [1.29, 1.82) is 0 Å². The zero-order chi connectivity index (χ0) is 13.8. The molecule has 1 aromatic carbocycles. The van der Waals surface area contributed by atoms with Gasteiger partial charge in [-0.2, -0.15) is 0 Å². The van der Waals surface area contributed by atoms with Gasteiger partial charge in [-0.1, -0.05) is 41.4 Å². The molecule has 2 aromatic rings. The van der Waals surface area contributed by atoms with Crippen LogP contribution in [0.3, 0.4) is 0 Å². The lowest BCUT2D eigenvalue weighted by Gasteiger charge is -2.16. The monoisotopic (exact) mass is 275 g/mol. The number of halogens is 1. The Balaban J connectivity index is 2.07. The zero-order valence-electron chi connectivity index (χ0n) is 10.8. The molecule has 1 aromatic heterocycles. The van der Waals surface area contributed by atoms with E-state index in [9.17, 15) is 4.79 Å². The maximum Gasteiger partial charge on any atom is 0.274 e. The fourth-order valence-electron chi connectivity index (χ4n) is 1.66. The van der Waals surface area contributed by atoms with E-state index in [0.29, 0.717) is 12.2 Å². The molecule has 0 N–H and O–H groups in total. The normalized spacial score (nSPS) is 10.3. The molecule has 0 radical (unpaired) electrons. The smallest absolute Gasteiger partial charge is 0.274 e. The summed E-state index contributed by atoms with van der Waals surface area (Å²) < 4.78 is 0. The summed E-state index contributed by atoms with van der Waals surface area (Å²) in [6.07, 6.45) is 2.75. The van der Waals surface area contributed by atoms with Gasteiger partial charge < -0.3 is 4.90 Å². The van der Waals surface area contributed by atoms with Crippen LogP contribution in [0.1, 0.15) is 21.6 Å². The second-order valence-electron chi connectivity index (χ2n) is 4.37. The maximum atomic E-state index is 12.1. The van der Waals surface area contributed by atoms with Crippen LogP contribution in [-0.4, -0.2) is 27.8 Å². The molecule has 4 nitrogen and oxygen atoms in total. The van der Waals surface area contributed by atoms with E-state index in [1.54, 1.807) is 11.9 Å². The number of aromatic nitrogens is 2. The van der Waals surface area contributed by atoms with Crippen molar-refractivity contribution in [3.05, 3.63) is 58.6 Å². The number of benzene rings is 1. The Morgan fingerprint density at radius 1 is 1.21 bits per heavy atom. The van der Waals surface area contributed by atoms with Gasteiger partial charge in [-0.3, -0.25) is 4.79 Å². The fourth-order valence-corrected chi connectivity index (χ4v) is 1.76. The van der Waals surface area contributed by atoms with E-state index >= 15 is 0 Å². The summed E-state index contributed by atoms with van der Waals surface area (Å²) in [5, 5.41) is 0.276. The molecule has 0 unspecified atom stereocenters. The minimum atomic E-state index is -0.176. The fraction of sp³-hybridized carbons (Fsp3) is 0.214. The molecule has 0 aliphatic heterocycles. The molecule has 0 fully saturated rings. The first-order valence-corrected chi connectivity index (χ1v) is 6.22. The second-order valence-corrected chi connectivity index (χ2v) is 4.76. The molecule has 98 valence electrons. The summed E-state index contributed by atoms with van der Waals surface area (Å²) in [5.74, 6) is -0.176. The van der Waals surface area contributed by atoms with E-state index in [2.05, 4.69) is 9.97 Å². The lowest BCUT2D eigenvalue weighted by atomic mass is 10.1. The van der Waals surface area contributed by atoms with Crippen molar-refractivity contribution >= 4 is 17.5 Å². The van der Waals surface area contributed by atoms with Gasteiger partial charge in [0.1, 0.15) is 10.8 Å². The van der Waals surface area contributed by atoms with Gasteiger partial charge in [-0.25, -0.2) is 9.97 Å². The van der Waals surface area contributed by atoms with Gasteiger partial charge in [0.25, 0.3) is 5.91 Å². The first kappa shape index (κ1) is 13.5. The molecule has 2 rings (SSSR count). The average Bonchev–Trinajstić information content (AvgIpc) is 2.41. The van der Waals surface area contributed by atoms with E-state index in [1.165, 1.54) is 18.0 Å². The van der Waals surface area contributed by atoms with Crippen LogP contribution in [0.2, 0.25) is 5.15 Å². The van der Waals surface area contributed by atoms with Crippen LogP contribution in [-0.2, 0) is 6.54 Å². The maximum absolute atomic E-state index is 12.1. The van der Waals surface area contributed by atoms with E-state index < -0.39 is 0 Å². The van der Waals surface area contributed by atoms with Crippen molar-refractivity contribution < 1.29 is 4.79 Å². The van der Waals surface area contributed by atoms with Crippen LogP contribution < -0.4 is 0 Å². The summed E-state index contributed by atoms with van der Waals surface area (Å²) in [7, 11) is 1.73.